The Morgan fingerprint density at radius 2 is 0.528 bits per heavy atom. The first-order valence-electron chi connectivity index (χ1n) is 12.5. The lowest BCUT2D eigenvalue weighted by Gasteiger charge is -2.14. The number of hydrogen-bond donors (Lipinski definition) is 0. The molecule has 0 nitrogen and oxygen atoms in total. The van der Waals surface area contributed by atoms with Crippen LogP contribution in [0.3, 0.4) is 0 Å². The van der Waals surface area contributed by atoms with Crippen molar-refractivity contribution in [1.82, 2.24) is 0 Å². The van der Waals surface area contributed by atoms with E-state index in [9.17, 15) is 0 Å². The van der Waals surface area contributed by atoms with E-state index in [1.54, 1.807) is 0 Å². The Hall–Kier alpha value is -4.68. The van der Waals surface area contributed by atoms with E-state index >= 15 is 0 Å². The van der Waals surface area contributed by atoms with Crippen molar-refractivity contribution in [2.24, 2.45) is 0 Å². The third kappa shape index (κ3) is 3.39. The molecule has 0 atom stereocenters. The molecule has 0 N–H and O–H groups in total. The van der Waals surface area contributed by atoms with Gasteiger partial charge in [-0.15, -0.1) is 0 Å². The van der Waals surface area contributed by atoms with Gasteiger partial charge in [0, 0.05) is 0 Å². The minimum absolute atomic E-state index is 1.24. The number of hydrogen-bond acceptors (Lipinski definition) is 0. The first kappa shape index (κ1) is 20.7. The second-order valence-corrected chi connectivity index (χ2v) is 9.34. The van der Waals surface area contributed by atoms with Crippen LogP contribution in [-0.2, 0) is 0 Å². The Kier molecular flexibility index (Phi) is 4.89. The first-order valence-corrected chi connectivity index (χ1v) is 12.5. The molecule has 7 rings (SSSR count). The second-order valence-electron chi connectivity index (χ2n) is 9.34. The van der Waals surface area contributed by atoms with Crippen LogP contribution in [0.2, 0.25) is 0 Å². The van der Waals surface area contributed by atoms with E-state index in [-0.39, 0.29) is 0 Å². The van der Waals surface area contributed by atoms with Gasteiger partial charge in [0.05, 0.1) is 0 Å². The Morgan fingerprint density at radius 3 is 1.06 bits per heavy atom. The van der Waals surface area contributed by atoms with E-state index in [0.717, 1.165) is 0 Å². The highest BCUT2D eigenvalue weighted by Gasteiger charge is 2.19. The van der Waals surface area contributed by atoms with Gasteiger partial charge < -0.3 is 0 Å². The van der Waals surface area contributed by atoms with E-state index in [4.69, 9.17) is 0 Å². The number of fused-ring (bicyclic) bond motifs is 3. The summed E-state index contributed by atoms with van der Waals surface area (Å²) in [5.41, 5.74) is 15.2. The smallest absolute Gasteiger partial charge is 0.00928 e. The monoisotopic (exact) mass is 456 g/mol. The van der Waals surface area contributed by atoms with Crippen LogP contribution in [0.1, 0.15) is 0 Å². The van der Waals surface area contributed by atoms with Crippen molar-refractivity contribution >= 4 is 0 Å². The van der Waals surface area contributed by atoms with Crippen molar-refractivity contribution < 1.29 is 0 Å². The van der Waals surface area contributed by atoms with Crippen LogP contribution in [0.5, 0.6) is 0 Å². The van der Waals surface area contributed by atoms with Crippen LogP contribution in [0.4, 0.5) is 0 Å². The van der Waals surface area contributed by atoms with Gasteiger partial charge in [0.15, 0.2) is 0 Å². The molecule has 0 radical (unpaired) electrons. The summed E-state index contributed by atoms with van der Waals surface area (Å²) in [5.74, 6) is 0. The average molecular weight is 457 g/mol. The van der Waals surface area contributed by atoms with Crippen LogP contribution in [0.25, 0.3) is 66.8 Å². The highest BCUT2D eigenvalue weighted by Crippen LogP contribution is 2.46. The summed E-state index contributed by atoms with van der Waals surface area (Å²) in [6, 6.07) is 52.8. The van der Waals surface area contributed by atoms with Crippen molar-refractivity contribution in [1.29, 1.82) is 0 Å². The zero-order chi connectivity index (χ0) is 23.9. The van der Waals surface area contributed by atoms with E-state index in [1.165, 1.54) is 66.8 Å². The Morgan fingerprint density at radius 1 is 0.194 bits per heavy atom. The van der Waals surface area contributed by atoms with Crippen molar-refractivity contribution in [3.8, 4) is 66.8 Å². The Bertz CT molecular complexity index is 1740. The summed E-state index contributed by atoms with van der Waals surface area (Å²) >= 11 is 0. The van der Waals surface area contributed by atoms with Crippen molar-refractivity contribution in [3.63, 3.8) is 0 Å². The fourth-order valence-electron chi connectivity index (χ4n) is 5.53. The molecule has 1 aromatic carbocycles. The van der Waals surface area contributed by atoms with Gasteiger partial charge in [0.25, 0.3) is 0 Å². The molecule has 0 fully saturated rings. The topological polar surface area (TPSA) is 0 Å². The Labute approximate surface area is 212 Å². The molecule has 0 aromatic heterocycles. The third-order valence-electron chi connectivity index (χ3n) is 7.29. The molecule has 0 unspecified atom stereocenters. The molecule has 6 aliphatic rings. The van der Waals surface area contributed by atoms with Gasteiger partial charge >= 0.3 is 0 Å². The van der Waals surface area contributed by atoms with Gasteiger partial charge in [-0.2, -0.15) is 0 Å². The molecule has 0 amide bonds. The molecule has 0 heterocycles. The summed E-state index contributed by atoms with van der Waals surface area (Å²) in [6.45, 7) is 0. The maximum absolute atomic E-state index is 2.39. The van der Waals surface area contributed by atoms with Crippen LogP contribution < -0.4 is 0 Å². The predicted octanol–water partition coefficient (Wildman–Crippen LogP) is 10.0. The highest BCUT2D eigenvalue weighted by molar-refractivity contribution is 6.00. The van der Waals surface area contributed by atoms with E-state index in [1.807, 2.05) is 0 Å². The lowest BCUT2D eigenvalue weighted by atomic mass is 9.89. The molecular weight excluding hydrogens is 432 g/mol. The fourth-order valence-corrected chi connectivity index (χ4v) is 5.53. The first-order chi connectivity index (χ1) is 17.9. The van der Waals surface area contributed by atoms with Crippen LogP contribution in [0.15, 0.2) is 146 Å². The highest BCUT2D eigenvalue weighted by atomic mass is 14.2. The van der Waals surface area contributed by atoms with E-state index in [2.05, 4.69) is 146 Å². The largest absolute Gasteiger partial charge is 0.0622 e. The fraction of sp³-hybridized carbons (Fsp3) is 0. The maximum atomic E-state index is 2.39. The summed E-state index contributed by atoms with van der Waals surface area (Å²) in [7, 11) is 0. The van der Waals surface area contributed by atoms with Crippen molar-refractivity contribution in [2.45, 2.75) is 0 Å². The van der Waals surface area contributed by atoms with Gasteiger partial charge in [0.1, 0.15) is 0 Å². The summed E-state index contributed by atoms with van der Waals surface area (Å²) in [5, 5.41) is 0. The summed E-state index contributed by atoms with van der Waals surface area (Å²) in [4.78, 5) is 0. The van der Waals surface area contributed by atoms with E-state index < -0.39 is 0 Å². The molecule has 6 aliphatic carbocycles. The molecule has 0 spiro atoms. The lowest BCUT2D eigenvalue weighted by Crippen LogP contribution is -1.88. The van der Waals surface area contributed by atoms with Crippen molar-refractivity contribution in [3.05, 3.63) is 146 Å². The minimum Gasteiger partial charge on any atom is -0.0622 e. The SMILES string of the molecule is c1ccc2ccc(-c3ccc(-c4ccc5cccccc4-5)c(-c4ccc5cccccc4-5)c3)c-2cc1. The normalized spacial score (nSPS) is 11.3. The summed E-state index contributed by atoms with van der Waals surface area (Å²) in [6.07, 6.45) is 0. The van der Waals surface area contributed by atoms with Gasteiger partial charge in [-0.25, -0.2) is 0 Å². The lowest BCUT2D eigenvalue weighted by molar-refractivity contribution is 1.62. The molecule has 0 bridgehead atoms. The predicted molar refractivity (Wildman–Crippen MR) is 153 cm³/mol. The molecule has 0 aliphatic heterocycles. The Balaban J connectivity index is 1.49. The van der Waals surface area contributed by atoms with Crippen molar-refractivity contribution in [2.75, 3.05) is 0 Å². The maximum Gasteiger partial charge on any atom is -0.00928 e. The zero-order valence-corrected chi connectivity index (χ0v) is 19.9. The second kappa shape index (κ2) is 8.52. The van der Waals surface area contributed by atoms with Crippen LogP contribution >= 0.6 is 0 Å². The minimum atomic E-state index is 1.24. The van der Waals surface area contributed by atoms with Gasteiger partial charge in [0.2, 0.25) is 0 Å². The van der Waals surface area contributed by atoms with Crippen LogP contribution in [-0.4, -0.2) is 0 Å². The van der Waals surface area contributed by atoms with Gasteiger partial charge in [-0.3, -0.25) is 0 Å². The molecule has 0 saturated carbocycles. The molecule has 168 valence electrons. The zero-order valence-electron chi connectivity index (χ0n) is 19.9. The molecule has 0 saturated heterocycles. The third-order valence-corrected chi connectivity index (χ3v) is 7.29. The summed E-state index contributed by atoms with van der Waals surface area (Å²) < 4.78 is 0. The molecule has 36 heavy (non-hydrogen) atoms. The number of rotatable bonds is 3. The average Bonchev–Trinajstić information content (AvgIpc) is 3.41. The van der Waals surface area contributed by atoms with Gasteiger partial charge in [-0.1, -0.05) is 140 Å². The molecule has 1 aromatic rings. The molecular formula is C36H24. The number of benzene rings is 1. The molecule has 0 heteroatoms. The standard InChI is InChI=1S/C36H24/c1-4-10-25-16-20-32(29(25)13-7-1)28-19-23-35(33-21-17-26-11-5-2-8-14-30(26)33)36(24-28)34-22-18-27-12-6-3-9-15-31(27)34/h1-24H. The van der Waals surface area contributed by atoms with Crippen LogP contribution in [0, 0.1) is 0 Å². The van der Waals surface area contributed by atoms with E-state index in [0.29, 0.717) is 0 Å². The quantitative estimate of drug-likeness (QED) is 0.248. The van der Waals surface area contributed by atoms with Gasteiger partial charge in [-0.05, 0) is 72.8 Å².